The van der Waals surface area contributed by atoms with Crippen LogP contribution in [0.3, 0.4) is 0 Å². The van der Waals surface area contributed by atoms with Gasteiger partial charge in [0.1, 0.15) is 10.7 Å². The van der Waals surface area contributed by atoms with Gasteiger partial charge in [0.05, 0.1) is 10.7 Å². The zero-order chi connectivity index (χ0) is 18.0. The molecule has 130 valence electrons. The molecule has 25 heavy (non-hydrogen) atoms. The second kappa shape index (κ2) is 7.14. The van der Waals surface area contributed by atoms with Crippen LogP contribution in [-0.4, -0.2) is 26.1 Å². The van der Waals surface area contributed by atoms with E-state index in [1.807, 2.05) is 38.1 Å². The Morgan fingerprint density at radius 2 is 2.08 bits per heavy atom. The number of H-pyrrole nitrogens is 1. The van der Waals surface area contributed by atoms with Crippen molar-refractivity contribution in [1.29, 1.82) is 0 Å². The molecule has 2 N–H and O–H groups in total. The first kappa shape index (κ1) is 17.3. The highest BCUT2D eigenvalue weighted by Crippen LogP contribution is 2.24. The zero-order valence-corrected chi connectivity index (χ0v) is 15.6. The number of carbonyl (C=O) groups excluding carboxylic acids is 1. The summed E-state index contributed by atoms with van der Waals surface area (Å²) in [5.41, 5.74) is 2.34. The van der Waals surface area contributed by atoms with Gasteiger partial charge in [0, 0.05) is 17.7 Å². The van der Waals surface area contributed by atoms with Gasteiger partial charge in [-0.3, -0.25) is 9.89 Å². The molecule has 0 aliphatic rings. The molecular formula is C18H21N5OS. The van der Waals surface area contributed by atoms with Gasteiger partial charge in [-0.15, -0.1) is 11.3 Å². The maximum absolute atomic E-state index is 12.6. The van der Waals surface area contributed by atoms with Crippen molar-refractivity contribution in [2.24, 2.45) is 5.92 Å². The first-order valence-corrected chi connectivity index (χ1v) is 9.01. The molecule has 0 atom stereocenters. The fourth-order valence-corrected chi connectivity index (χ4v) is 3.67. The van der Waals surface area contributed by atoms with Crippen LogP contribution in [0.2, 0.25) is 0 Å². The smallest absolute Gasteiger partial charge is 0.267 e. The SMILES string of the molecule is Cc1nc(-c2cccc(NC(=O)c3sc(CC(C)C)nc3C)c2)n[nH]1. The Balaban J connectivity index is 1.78. The van der Waals surface area contributed by atoms with Crippen molar-refractivity contribution in [3.63, 3.8) is 0 Å². The Labute approximate surface area is 150 Å². The van der Waals surface area contributed by atoms with E-state index in [1.54, 1.807) is 0 Å². The fourth-order valence-electron chi connectivity index (χ4n) is 2.50. The summed E-state index contributed by atoms with van der Waals surface area (Å²) in [5.74, 6) is 1.75. The Bertz CT molecular complexity index is 897. The topological polar surface area (TPSA) is 83.6 Å². The molecule has 0 aliphatic heterocycles. The zero-order valence-electron chi connectivity index (χ0n) is 14.8. The van der Waals surface area contributed by atoms with E-state index in [-0.39, 0.29) is 5.91 Å². The molecule has 2 aromatic heterocycles. The van der Waals surface area contributed by atoms with Gasteiger partial charge < -0.3 is 5.32 Å². The summed E-state index contributed by atoms with van der Waals surface area (Å²) in [6.45, 7) is 8.02. The minimum Gasteiger partial charge on any atom is -0.321 e. The average Bonchev–Trinajstić information content (AvgIpc) is 3.13. The summed E-state index contributed by atoms with van der Waals surface area (Å²) in [6, 6.07) is 7.51. The van der Waals surface area contributed by atoms with Gasteiger partial charge >= 0.3 is 0 Å². The average molecular weight is 355 g/mol. The van der Waals surface area contributed by atoms with Crippen molar-refractivity contribution < 1.29 is 4.79 Å². The molecule has 0 saturated heterocycles. The van der Waals surface area contributed by atoms with E-state index < -0.39 is 0 Å². The summed E-state index contributed by atoms with van der Waals surface area (Å²) >= 11 is 1.47. The largest absolute Gasteiger partial charge is 0.321 e. The van der Waals surface area contributed by atoms with Gasteiger partial charge in [-0.05, 0) is 31.9 Å². The molecule has 1 amide bonds. The third-order valence-corrected chi connectivity index (χ3v) is 4.78. The predicted octanol–water partition coefficient (Wildman–Crippen LogP) is 4.00. The molecule has 0 unspecified atom stereocenters. The quantitative estimate of drug-likeness (QED) is 0.725. The van der Waals surface area contributed by atoms with Crippen LogP contribution < -0.4 is 5.32 Å². The van der Waals surface area contributed by atoms with Crippen LogP contribution in [-0.2, 0) is 6.42 Å². The summed E-state index contributed by atoms with van der Waals surface area (Å²) in [7, 11) is 0. The van der Waals surface area contributed by atoms with Gasteiger partial charge in [0.15, 0.2) is 5.82 Å². The number of carbonyl (C=O) groups is 1. The van der Waals surface area contributed by atoms with E-state index >= 15 is 0 Å². The first-order valence-electron chi connectivity index (χ1n) is 8.19. The molecule has 1 aromatic carbocycles. The second-order valence-electron chi connectivity index (χ2n) is 6.40. The fraction of sp³-hybridized carbons (Fsp3) is 0.333. The molecule has 0 aliphatic carbocycles. The Kier molecular flexibility index (Phi) is 4.94. The number of rotatable bonds is 5. The van der Waals surface area contributed by atoms with Crippen LogP contribution in [0, 0.1) is 19.8 Å². The van der Waals surface area contributed by atoms with Crippen LogP contribution in [0.4, 0.5) is 5.69 Å². The third-order valence-electron chi connectivity index (χ3n) is 3.61. The Morgan fingerprint density at radius 1 is 1.28 bits per heavy atom. The number of thiazole rings is 1. The van der Waals surface area contributed by atoms with Gasteiger partial charge in [0.2, 0.25) is 0 Å². The van der Waals surface area contributed by atoms with Crippen molar-refractivity contribution >= 4 is 22.9 Å². The molecule has 0 radical (unpaired) electrons. The molecule has 0 spiro atoms. The number of benzene rings is 1. The molecule has 0 fully saturated rings. The van der Waals surface area contributed by atoms with E-state index in [2.05, 4.69) is 39.3 Å². The van der Waals surface area contributed by atoms with E-state index in [1.165, 1.54) is 11.3 Å². The Morgan fingerprint density at radius 3 is 2.76 bits per heavy atom. The lowest BCUT2D eigenvalue weighted by molar-refractivity contribution is 0.103. The summed E-state index contributed by atoms with van der Waals surface area (Å²) in [5, 5.41) is 10.9. The number of hydrogen-bond donors (Lipinski definition) is 2. The monoisotopic (exact) mass is 355 g/mol. The van der Waals surface area contributed by atoms with E-state index in [9.17, 15) is 4.79 Å². The molecule has 0 saturated carbocycles. The number of anilines is 1. The van der Waals surface area contributed by atoms with Gasteiger partial charge in [-0.1, -0.05) is 26.0 Å². The highest BCUT2D eigenvalue weighted by Gasteiger charge is 2.16. The molecule has 3 rings (SSSR count). The van der Waals surface area contributed by atoms with Crippen molar-refractivity contribution in [1.82, 2.24) is 20.2 Å². The summed E-state index contributed by atoms with van der Waals surface area (Å²) in [6.07, 6.45) is 0.887. The number of aryl methyl sites for hydroxylation is 2. The van der Waals surface area contributed by atoms with Crippen LogP contribution in [0.15, 0.2) is 24.3 Å². The van der Waals surface area contributed by atoms with Gasteiger partial charge in [-0.25, -0.2) is 9.97 Å². The number of aromatic nitrogens is 4. The van der Waals surface area contributed by atoms with Crippen LogP contribution in [0.1, 0.15) is 40.0 Å². The third kappa shape index (κ3) is 4.11. The van der Waals surface area contributed by atoms with Crippen molar-refractivity contribution in [2.45, 2.75) is 34.1 Å². The standard InChI is InChI=1S/C18H21N5OS/c1-10(2)8-15-19-11(3)16(25-15)18(24)21-14-7-5-6-13(9-14)17-20-12(4)22-23-17/h5-7,9-10H,8H2,1-4H3,(H,21,24)(H,20,22,23). The maximum atomic E-state index is 12.6. The number of hydrogen-bond acceptors (Lipinski definition) is 5. The minimum atomic E-state index is -0.131. The Hall–Kier alpha value is -2.54. The molecule has 7 heteroatoms. The lowest BCUT2D eigenvalue weighted by Gasteiger charge is -2.05. The van der Waals surface area contributed by atoms with Gasteiger partial charge in [0.25, 0.3) is 5.91 Å². The van der Waals surface area contributed by atoms with Crippen molar-refractivity contribution in [2.75, 3.05) is 5.32 Å². The number of aromatic amines is 1. The van der Waals surface area contributed by atoms with Crippen LogP contribution >= 0.6 is 11.3 Å². The van der Waals surface area contributed by atoms with Gasteiger partial charge in [-0.2, -0.15) is 5.10 Å². The van der Waals surface area contributed by atoms with Crippen LogP contribution in [0.25, 0.3) is 11.4 Å². The van der Waals surface area contributed by atoms with E-state index in [4.69, 9.17) is 0 Å². The highest BCUT2D eigenvalue weighted by molar-refractivity contribution is 7.13. The van der Waals surface area contributed by atoms with Crippen LogP contribution in [0.5, 0.6) is 0 Å². The predicted molar refractivity (Wildman–Crippen MR) is 99.9 cm³/mol. The molecule has 3 aromatic rings. The number of nitrogens with zero attached hydrogens (tertiary/aromatic N) is 3. The number of nitrogens with one attached hydrogen (secondary N) is 2. The normalized spacial score (nSPS) is 11.1. The second-order valence-corrected chi connectivity index (χ2v) is 7.48. The summed E-state index contributed by atoms with van der Waals surface area (Å²) < 4.78 is 0. The molecular weight excluding hydrogens is 334 g/mol. The molecule has 2 heterocycles. The minimum absolute atomic E-state index is 0.131. The highest BCUT2D eigenvalue weighted by atomic mass is 32.1. The van der Waals surface area contributed by atoms with E-state index in [0.717, 1.165) is 28.5 Å². The van der Waals surface area contributed by atoms with Crippen molar-refractivity contribution in [3.8, 4) is 11.4 Å². The lowest BCUT2D eigenvalue weighted by Crippen LogP contribution is -2.11. The van der Waals surface area contributed by atoms with Crippen molar-refractivity contribution in [3.05, 3.63) is 45.7 Å². The summed E-state index contributed by atoms with van der Waals surface area (Å²) in [4.78, 5) is 22.1. The lowest BCUT2D eigenvalue weighted by atomic mass is 10.1. The maximum Gasteiger partial charge on any atom is 0.267 e. The van der Waals surface area contributed by atoms with E-state index in [0.29, 0.717) is 22.3 Å². The molecule has 6 nitrogen and oxygen atoms in total. The first-order chi connectivity index (χ1) is 11.9. The number of amides is 1. The molecule has 0 bridgehead atoms.